The van der Waals surface area contributed by atoms with Crippen molar-refractivity contribution in [1.29, 1.82) is 0 Å². The van der Waals surface area contributed by atoms with Gasteiger partial charge in [0, 0.05) is 12.0 Å². The monoisotopic (exact) mass is 258 g/mol. The minimum Gasteiger partial charge on any atom is -0.480 e. The van der Waals surface area contributed by atoms with Gasteiger partial charge in [0.1, 0.15) is 11.6 Å². The van der Waals surface area contributed by atoms with Crippen LogP contribution in [0.5, 0.6) is 0 Å². The number of alkyl carbamates (subject to hydrolysis) is 1. The predicted octanol–water partition coefficient (Wildman–Crippen LogP) is 0.962. The van der Waals surface area contributed by atoms with Crippen LogP contribution >= 0.6 is 0 Å². The molecule has 3 unspecified atom stereocenters. The van der Waals surface area contributed by atoms with E-state index in [1.807, 2.05) is 6.92 Å². The number of amides is 1. The highest BCUT2D eigenvalue weighted by molar-refractivity contribution is 5.74. The molecule has 0 aromatic carbocycles. The van der Waals surface area contributed by atoms with Gasteiger partial charge in [0.25, 0.3) is 0 Å². The van der Waals surface area contributed by atoms with Crippen molar-refractivity contribution < 1.29 is 19.4 Å². The van der Waals surface area contributed by atoms with Gasteiger partial charge in [0.15, 0.2) is 0 Å². The van der Waals surface area contributed by atoms with Gasteiger partial charge in [-0.3, -0.25) is 4.79 Å². The lowest BCUT2D eigenvalue weighted by molar-refractivity contribution is -0.141. The van der Waals surface area contributed by atoms with Gasteiger partial charge in [-0.25, -0.2) is 4.79 Å². The van der Waals surface area contributed by atoms with Gasteiger partial charge >= 0.3 is 12.1 Å². The largest absolute Gasteiger partial charge is 0.480 e. The summed E-state index contributed by atoms with van der Waals surface area (Å²) in [6, 6.07) is -0.805. The molecule has 18 heavy (non-hydrogen) atoms. The smallest absolute Gasteiger partial charge is 0.407 e. The van der Waals surface area contributed by atoms with Crippen molar-refractivity contribution in [3.05, 3.63) is 0 Å². The van der Waals surface area contributed by atoms with E-state index in [1.54, 1.807) is 20.8 Å². The lowest BCUT2D eigenvalue weighted by atomic mass is 9.88. The summed E-state index contributed by atoms with van der Waals surface area (Å²) in [7, 11) is 0. The number of hydrogen-bond acceptors (Lipinski definition) is 4. The first-order valence-corrected chi connectivity index (χ1v) is 6.16. The standard InChI is InChI=1S/C12H22N2O4/c1-7-8(5-6-13-9(7)10(15)16)14-11(17)18-12(2,3)4/h7-9,13H,5-6H2,1-4H3,(H,14,17)(H,15,16). The number of hydrogen-bond donors (Lipinski definition) is 3. The molecule has 104 valence electrons. The van der Waals surface area contributed by atoms with E-state index in [9.17, 15) is 9.59 Å². The lowest BCUT2D eigenvalue weighted by Gasteiger charge is -2.35. The molecule has 0 bridgehead atoms. The van der Waals surface area contributed by atoms with Crippen LogP contribution < -0.4 is 10.6 Å². The third kappa shape index (κ3) is 4.18. The van der Waals surface area contributed by atoms with Crippen molar-refractivity contribution in [3.8, 4) is 0 Å². The van der Waals surface area contributed by atoms with Gasteiger partial charge in [-0.1, -0.05) is 6.92 Å². The summed E-state index contributed by atoms with van der Waals surface area (Å²) in [5, 5.41) is 14.7. The minimum atomic E-state index is -0.891. The highest BCUT2D eigenvalue weighted by Crippen LogP contribution is 2.18. The molecule has 1 aliphatic heterocycles. The number of nitrogens with one attached hydrogen (secondary N) is 2. The average Bonchev–Trinajstić information content (AvgIpc) is 2.17. The van der Waals surface area contributed by atoms with Crippen molar-refractivity contribution in [1.82, 2.24) is 10.6 Å². The SMILES string of the molecule is CC1C(NC(=O)OC(C)(C)C)CCNC1C(=O)O. The molecule has 0 spiro atoms. The van der Waals surface area contributed by atoms with E-state index >= 15 is 0 Å². The van der Waals surface area contributed by atoms with E-state index in [2.05, 4.69) is 10.6 Å². The zero-order chi connectivity index (χ0) is 13.9. The van der Waals surface area contributed by atoms with Crippen molar-refractivity contribution in [3.63, 3.8) is 0 Å². The average molecular weight is 258 g/mol. The molecule has 0 aromatic heterocycles. The van der Waals surface area contributed by atoms with Crippen LogP contribution in [0.15, 0.2) is 0 Å². The second-order valence-electron chi connectivity index (χ2n) is 5.67. The summed E-state index contributed by atoms with van der Waals surface area (Å²) in [6.07, 6.45) is 0.204. The Kier molecular flexibility index (Phi) is 4.56. The molecule has 6 nitrogen and oxygen atoms in total. The fourth-order valence-electron chi connectivity index (χ4n) is 2.05. The van der Waals surface area contributed by atoms with Crippen LogP contribution in [0.2, 0.25) is 0 Å². The molecule has 0 saturated carbocycles. The molecule has 0 radical (unpaired) electrons. The highest BCUT2D eigenvalue weighted by atomic mass is 16.6. The summed E-state index contributed by atoms with van der Waals surface area (Å²) >= 11 is 0. The number of aliphatic carboxylic acids is 1. The number of carboxylic acid groups (broad SMARTS) is 1. The maximum absolute atomic E-state index is 11.6. The first-order valence-electron chi connectivity index (χ1n) is 6.16. The zero-order valence-corrected chi connectivity index (χ0v) is 11.3. The van der Waals surface area contributed by atoms with Crippen LogP contribution in [0.1, 0.15) is 34.1 Å². The summed E-state index contributed by atoms with van der Waals surface area (Å²) in [5.74, 6) is -1.07. The Morgan fingerprint density at radius 2 is 2.00 bits per heavy atom. The fraction of sp³-hybridized carbons (Fsp3) is 0.833. The molecule has 1 saturated heterocycles. The van der Waals surface area contributed by atoms with Crippen molar-refractivity contribution in [2.24, 2.45) is 5.92 Å². The number of carboxylic acids is 1. The third-order valence-electron chi connectivity index (χ3n) is 2.95. The third-order valence-corrected chi connectivity index (χ3v) is 2.95. The molecule has 1 rings (SSSR count). The summed E-state index contributed by atoms with van der Waals surface area (Å²) in [6.45, 7) is 7.75. The second-order valence-corrected chi connectivity index (χ2v) is 5.67. The van der Waals surface area contributed by atoms with Crippen LogP contribution in [0.4, 0.5) is 4.79 Å². The van der Waals surface area contributed by atoms with Crippen molar-refractivity contribution in [2.75, 3.05) is 6.54 Å². The first kappa shape index (κ1) is 14.8. The molecule has 0 aromatic rings. The Labute approximate surface area is 107 Å². The fourth-order valence-corrected chi connectivity index (χ4v) is 2.05. The number of carbonyl (C=O) groups is 2. The van der Waals surface area contributed by atoms with Crippen LogP contribution in [0, 0.1) is 5.92 Å². The molecule has 1 fully saturated rings. The van der Waals surface area contributed by atoms with E-state index in [0.717, 1.165) is 0 Å². The normalized spacial score (nSPS) is 28.6. The van der Waals surface area contributed by atoms with Crippen LogP contribution in [-0.2, 0) is 9.53 Å². The molecule has 3 N–H and O–H groups in total. The predicted molar refractivity (Wildman–Crippen MR) is 66.4 cm³/mol. The van der Waals surface area contributed by atoms with E-state index in [4.69, 9.17) is 9.84 Å². The Morgan fingerprint density at radius 3 is 2.50 bits per heavy atom. The first-order chi connectivity index (χ1) is 8.20. The number of ether oxygens (including phenoxy) is 1. The molecule has 1 amide bonds. The molecule has 1 aliphatic rings. The highest BCUT2D eigenvalue weighted by Gasteiger charge is 2.35. The van der Waals surface area contributed by atoms with Crippen LogP contribution in [-0.4, -0.2) is 41.4 Å². The van der Waals surface area contributed by atoms with Gasteiger partial charge in [-0.05, 0) is 33.7 Å². The quantitative estimate of drug-likeness (QED) is 0.686. The molecule has 3 atom stereocenters. The Balaban J connectivity index is 2.56. The van der Waals surface area contributed by atoms with Gasteiger partial charge in [0.2, 0.25) is 0 Å². The lowest BCUT2D eigenvalue weighted by Crippen LogP contribution is -2.57. The summed E-state index contributed by atoms with van der Waals surface area (Å²) in [5.41, 5.74) is -0.549. The zero-order valence-electron chi connectivity index (χ0n) is 11.3. The van der Waals surface area contributed by atoms with Gasteiger partial charge in [-0.2, -0.15) is 0 Å². The molecular formula is C12H22N2O4. The topological polar surface area (TPSA) is 87.7 Å². The molecule has 6 heteroatoms. The van der Waals surface area contributed by atoms with Crippen molar-refractivity contribution >= 4 is 12.1 Å². The van der Waals surface area contributed by atoms with Gasteiger partial charge in [0.05, 0.1) is 0 Å². The van der Waals surface area contributed by atoms with E-state index in [1.165, 1.54) is 0 Å². The van der Waals surface area contributed by atoms with Gasteiger partial charge < -0.3 is 20.5 Å². The summed E-state index contributed by atoms with van der Waals surface area (Å²) < 4.78 is 5.17. The number of carbonyl (C=O) groups excluding carboxylic acids is 1. The number of piperidine rings is 1. The van der Waals surface area contributed by atoms with Crippen LogP contribution in [0.3, 0.4) is 0 Å². The summed E-state index contributed by atoms with van der Waals surface area (Å²) in [4.78, 5) is 22.7. The van der Waals surface area contributed by atoms with Crippen LogP contribution in [0.25, 0.3) is 0 Å². The Bertz CT molecular complexity index is 325. The number of rotatable bonds is 2. The second kappa shape index (κ2) is 5.56. The Hall–Kier alpha value is -1.30. The van der Waals surface area contributed by atoms with Crippen molar-refractivity contribution in [2.45, 2.75) is 51.8 Å². The van der Waals surface area contributed by atoms with Gasteiger partial charge in [-0.15, -0.1) is 0 Å². The maximum atomic E-state index is 11.6. The van der Waals surface area contributed by atoms with E-state index < -0.39 is 23.7 Å². The molecular weight excluding hydrogens is 236 g/mol. The molecule has 0 aliphatic carbocycles. The van der Waals surface area contributed by atoms with E-state index in [0.29, 0.717) is 13.0 Å². The minimum absolute atomic E-state index is 0.177. The maximum Gasteiger partial charge on any atom is 0.407 e. The van der Waals surface area contributed by atoms with E-state index in [-0.39, 0.29) is 12.0 Å². The molecule has 1 heterocycles. The Morgan fingerprint density at radius 1 is 1.39 bits per heavy atom.